The Hall–Kier alpha value is -1.62. The summed E-state index contributed by atoms with van der Waals surface area (Å²) in [4.78, 5) is 15.1. The molecule has 0 saturated heterocycles. The van der Waals surface area contributed by atoms with Crippen molar-refractivity contribution in [1.82, 2.24) is 10.3 Å². The topological polar surface area (TPSA) is 77.2 Å². The van der Waals surface area contributed by atoms with E-state index in [0.717, 1.165) is 5.75 Å². The summed E-state index contributed by atoms with van der Waals surface area (Å²) in [7, 11) is 0. The van der Waals surface area contributed by atoms with E-state index in [4.69, 9.17) is 10.5 Å². The van der Waals surface area contributed by atoms with Crippen LogP contribution >= 0.6 is 0 Å². The van der Waals surface area contributed by atoms with Crippen LogP contribution in [0.1, 0.15) is 12.8 Å². The highest BCUT2D eigenvalue weighted by atomic mass is 16.5. The minimum Gasteiger partial charge on any atom is -0.492 e. The number of nitrogens with zero attached hydrogens (tertiary/aromatic N) is 1. The van der Waals surface area contributed by atoms with Crippen LogP contribution in [0.2, 0.25) is 0 Å². The number of ether oxygens (including phenoxy) is 1. The van der Waals surface area contributed by atoms with E-state index in [1.807, 2.05) is 12.1 Å². The zero-order chi connectivity index (χ0) is 11.6. The van der Waals surface area contributed by atoms with E-state index in [2.05, 4.69) is 10.3 Å². The summed E-state index contributed by atoms with van der Waals surface area (Å²) in [6, 6.07) is 3.64. The second kappa shape index (κ2) is 7.64. The molecule has 0 bridgehead atoms. The summed E-state index contributed by atoms with van der Waals surface area (Å²) in [5.41, 5.74) is 5.26. The van der Waals surface area contributed by atoms with Crippen LogP contribution in [0.15, 0.2) is 24.5 Å². The van der Waals surface area contributed by atoms with Gasteiger partial charge < -0.3 is 15.8 Å². The predicted molar refractivity (Wildman–Crippen MR) is 61.0 cm³/mol. The van der Waals surface area contributed by atoms with Crippen LogP contribution in [-0.4, -0.2) is 30.6 Å². The van der Waals surface area contributed by atoms with Gasteiger partial charge in [-0.3, -0.25) is 9.78 Å². The molecule has 0 aliphatic carbocycles. The number of amides is 1. The molecule has 88 valence electrons. The van der Waals surface area contributed by atoms with Crippen LogP contribution in [-0.2, 0) is 4.79 Å². The molecule has 0 aliphatic rings. The zero-order valence-corrected chi connectivity index (χ0v) is 9.19. The van der Waals surface area contributed by atoms with E-state index >= 15 is 0 Å². The van der Waals surface area contributed by atoms with Gasteiger partial charge in [-0.2, -0.15) is 0 Å². The highest BCUT2D eigenvalue weighted by Gasteiger charge is 1.99. The fourth-order valence-electron chi connectivity index (χ4n) is 1.16. The van der Waals surface area contributed by atoms with E-state index < -0.39 is 0 Å². The monoisotopic (exact) mass is 223 g/mol. The van der Waals surface area contributed by atoms with Gasteiger partial charge in [0.05, 0.1) is 12.8 Å². The normalized spacial score (nSPS) is 9.81. The third-order valence-corrected chi connectivity index (χ3v) is 1.92. The van der Waals surface area contributed by atoms with E-state index in [1.54, 1.807) is 12.4 Å². The van der Waals surface area contributed by atoms with E-state index in [0.29, 0.717) is 32.5 Å². The van der Waals surface area contributed by atoms with Crippen molar-refractivity contribution in [2.45, 2.75) is 12.8 Å². The molecule has 1 aromatic rings. The fourth-order valence-corrected chi connectivity index (χ4v) is 1.16. The van der Waals surface area contributed by atoms with Crippen molar-refractivity contribution in [2.75, 3.05) is 19.7 Å². The maximum Gasteiger partial charge on any atom is 0.220 e. The number of pyridine rings is 1. The molecule has 1 rings (SSSR count). The van der Waals surface area contributed by atoms with Gasteiger partial charge in [-0.1, -0.05) is 0 Å². The lowest BCUT2D eigenvalue weighted by atomic mass is 10.3. The summed E-state index contributed by atoms with van der Waals surface area (Å²) >= 11 is 0. The third-order valence-electron chi connectivity index (χ3n) is 1.92. The van der Waals surface area contributed by atoms with E-state index in [9.17, 15) is 4.79 Å². The van der Waals surface area contributed by atoms with Crippen molar-refractivity contribution in [3.63, 3.8) is 0 Å². The number of rotatable bonds is 7. The molecular weight excluding hydrogens is 206 g/mol. The second-order valence-electron chi connectivity index (χ2n) is 3.28. The lowest BCUT2D eigenvalue weighted by Gasteiger charge is -2.05. The van der Waals surface area contributed by atoms with Crippen LogP contribution in [0.3, 0.4) is 0 Å². The highest BCUT2D eigenvalue weighted by Crippen LogP contribution is 2.06. The molecule has 5 nitrogen and oxygen atoms in total. The molecule has 3 N–H and O–H groups in total. The molecule has 16 heavy (non-hydrogen) atoms. The Labute approximate surface area is 95.0 Å². The quantitative estimate of drug-likeness (QED) is 0.652. The molecule has 0 radical (unpaired) electrons. The summed E-state index contributed by atoms with van der Waals surface area (Å²) in [5.74, 6) is 0.741. The minimum absolute atomic E-state index is 0.0141. The van der Waals surface area contributed by atoms with Crippen molar-refractivity contribution in [1.29, 1.82) is 0 Å². The highest BCUT2D eigenvalue weighted by molar-refractivity contribution is 5.75. The third kappa shape index (κ3) is 5.31. The Morgan fingerprint density at radius 3 is 3.12 bits per heavy atom. The Kier molecular flexibility index (Phi) is 5.95. The van der Waals surface area contributed by atoms with Gasteiger partial charge in [-0.25, -0.2) is 0 Å². The second-order valence-corrected chi connectivity index (χ2v) is 3.28. The number of hydrogen-bond donors (Lipinski definition) is 2. The molecule has 1 aromatic heterocycles. The number of hydrogen-bond acceptors (Lipinski definition) is 4. The van der Waals surface area contributed by atoms with Gasteiger partial charge >= 0.3 is 0 Å². The van der Waals surface area contributed by atoms with Gasteiger partial charge in [0.2, 0.25) is 5.91 Å². The molecular formula is C11H17N3O2. The lowest BCUT2D eigenvalue weighted by molar-refractivity contribution is -0.121. The van der Waals surface area contributed by atoms with Gasteiger partial charge in [-0.05, 0) is 18.6 Å². The largest absolute Gasteiger partial charge is 0.492 e. The maximum atomic E-state index is 11.2. The minimum atomic E-state index is 0.0141. The van der Waals surface area contributed by atoms with Crippen molar-refractivity contribution < 1.29 is 9.53 Å². The first kappa shape index (κ1) is 12.4. The van der Waals surface area contributed by atoms with Crippen molar-refractivity contribution >= 4 is 5.91 Å². The van der Waals surface area contributed by atoms with Gasteiger partial charge in [0, 0.05) is 25.7 Å². The zero-order valence-electron chi connectivity index (χ0n) is 9.19. The predicted octanol–water partition coefficient (Wildman–Crippen LogP) is 0.316. The summed E-state index contributed by atoms with van der Waals surface area (Å²) in [6.45, 7) is 1.52. The maximum absolute atomic E-state index is 11.2. The molecule has 0 aliphatic heterocycles. The van der Waals surface area contributed by atoms with Crippen molar-refractivity contribution in [3.8, 4) is 5.75 Å². The first-order valence-electron chi connectivity index (χ1n) is 5.32. The van der Waals surface area contributed by atoms with Crippen LogP contribution < -0.4 is 15.8 Å². The molecule has 5 heteroatoms. The van der Waals surface area contributed by atoms with Crippen LogP contribution in [0, 0.1) is 0 Å². The SMILES string of the molecule is NCCNC(=O)CCCOc1cccnc1. The number of aromatic nitrogens is 1. The van der Waals surface area contributed by atoms with Gasteiger partial charge in [0.25, 0.3) is 0 Å². The van der Waals surface area contributed by atoms with Gasteiger partial charge in [0.15, 0.2) is 0 Å². The summed E-state index contributed by atoms with van der Waals surface area (Å²) in [5, 5.41) is 2.70. The average molecular weight is 223 g/mol. The standard InChI is InChI=1S/C11H17N3O2/c12-5-7-14-11(15)4-2-8-16-10-3-1-6-13-9-10/h1,3,6,9H,2,4-5,7-8,12H2,(H,14,15). The number of carbonyl (C=O) groups excluding carboxylic acids is 1. The molecule has 1 amide bonds. The molecule has 0 fully saturated rings. The molecule has 0 atom stereocenters. The number of nitrogens with one attached hydrogen (secondary N) is 1. The number of nitrogens with two attached hydrogens (primary N) is 1. The first-order valence-corrected chi connectivity index (χ1v) is 5.32. The molecule has 0 saturated carbocycles. The van der Waals surface area contributed by atoms with Gasteiger partial charge in [0.1, 0.15) is 5.75 Å². The lowest BCUT2D eigenvalue weighted by Crippen LogP contribution is -2.29. The van der Waals surface area contributed by atoms with E-state index in [1.165, 1.54) is 0 Å². The Morgan fingerprint density at radius 2 is 2.44 bits per heavy atom. The molecule has 0 aromatic carbocycles. The average Bonchev–Trinajstić information content (AvgIpc) is 2.33. The Morgan fingerprint density at radius 1 is 1.56 bits per heavy atom. The van der Waals surface area contributed by atoms with Crippen LogP contribution in [0.5, 0.6) is 5.75 Å². The van der Waals surface area contributed by atoms with Crippen molar-refractivity contribution in [2.24, 2.45) is 5.73 Å². The van der Waals surface area contributed by atoms with Gasteiger partial charge in [-0.15, -0.1) is 0 Å². The molecule has 0 unspecified atom stereocenters. The fraction of sp³-hybridized carbons (Fsp3) is 0.455. The smallest absolute Gasteiger partial charge is 0.220 e. The molecule has 0 spiro atoms. The summed E-state index contributed by atoms with van der Waals surface area (Å²) < 4.78 is 5.39. The first-order chi connectivity index (χ1) is 7.83. The Balaban J connectivity index is 2.06. The van der Waals surface area contributed by atoms with Crippen LogP contribution in [0.4, 0.5) is 0 Å². The Bertz CT molecular complexity index is 303. The molecule has 1 heterocycles. The van der Waals surface area contributed by atoms with Crippen molar-refractivity contribution in [3.05, 3.63) is 24.5 Å². The van der Waals surface area contributed by atoms with Crippen LogP contribution in [0.25, 0.3) is 0 Å². The summed E-state index contributed by atoms with van der Waals surface area (Å²) in [6.07, 6.45) is 4.48. The number of carbonyl (C=O) groups is 1. The van der Waals surface area contributed by atoms with E-state index in [-0.39, 0.29) is 5.91 Å².